The molecule has 1 aliphatic heterocycles. The van der Waals surface area contributed by atoms with Crippen molar-refractivity contribution in [2.24, 2.45) is 0 Å². The molecule has 0 bridgehead atoms. The molecule has 1 aliphatic rings. The number of amides is 1. The second kappa shape index (κ2) is 4.74. The molecule has 0 saturated carbocycles. The molecule has 6 heteroatoms. The van der Waals surface area contributed by atoms with Gasteiger partial charge >= 0.3 is 0 Å². The lowest BCUT2D eigenvalue weighted by Crippen LogP contribution is -2.43. The quantitative estimate of drug-likeness (QED) is 0.676. The first kappa shape index (κ1) is 12.2. The van der Waals surface area contributed by atoms with E-state index < -0.39 is 9.84 Å². The molecule has 0 aromatic rings. The van der Waals surface area contributed by atoms with E-state index in [2.05, 4.69) is 5.32 Å². The zero-order valence-electron chi connectivity index (χ0n) is 8.65. The van der Waals surface area contributed by atoms with Gasteiger partial charge in [0.15, 0.2) is 9.84 Å². The maximum Gasteiger partial charge on any atom is 0.227 e. The molecule has 0 spiro atoms. The molecule has 1 N–H and O–H groups in total. The molecule has 0 radical (unpaired) electrons. The van der Waals surface area contributed by atoms with E-state index in [1.807, 2.05) is 0 Å². The fourth-order valence-corrected chi connectivity index (χ4v) is 3.28. The molecule has 1 fully saturated rings. The van der Waals surface area contributed by atoms with E-state index in [0.29, 0.717) is 12.8 Å². The van der Waals surface area contributed by atoms with Crippen molar-refractivity contribution >= 4 is 21.5 Å². The lowest BCUT2D eigenvalue weighted by atomic mass is 10.2. The average Bonchev–Trinajstić information content (AvgIpc) is 1.99. The van der Waals surface area contributed by atoms with Crippen molar-refractivity contribution in [3.05, 3.63) is 0 Å². The highest BCUT2D eigenvalue weighted by Crippen LogP contribution is 2.11. The zero-order valence-corrected chi connectivity index (χ0v) is 9.47. The van der Waals surface area contributed by atoms with E-state index in [9.17, 15) is 18.0 Å². The molecular weight excluding hydrogens is 218 g/mol. The Morgan fingerprint density at radius 1 is 1.40 bits per heavy atom. The van der Waals surface area contributed by atoms with Gasteiger partial charge in [0.25, 0.3) is 0 Å². The molecule has 1 heterocycles. The summed E-state index contributed by atoms with van der Waals surface area (Å²) in [5.74, 6) is -0.404. The second-order valence-corrected chi connectivity index (χ2v) is 6.13. The third kappa shape index (κ3) is 4.42. The van der Waals surface area contributed by atoms with Gasteiger partial charge in [-0.1, -0.05) is 0 Å². The summed E-state index contributed by atoms with van der Waals surface area (Å²) in [6.45, 7) is 1.33. The van der Waals surface area contributed by atoms with Crippen LogP contribution in [0.2, 0.25) is 0 Å². The van der Waals surface area contributed by atoms with Gasteiger partial charge in [-0.25, -0.2) is 8.42 Å². The van der Waals surface area contributed by atoms with Crippen molar-refractivity contribution in [1.29, 1.82) is 0 Å². The van der Waals surface area contributed by atoms with E-state index in [1.54, 1.807) is 0 Å². The highest BCUT2D eigenvalue weighted by Gasteiger charge is 2.25. The van der Waals surface area contributed by atoms with Crippen molar-refractivity contribution in [3.63, 3.8) is 0 Å². The van der Waals surface area contributed by atoms with Crippen LogP contribution in [0.4, 0.5) is 0 Å². The number of rotatable bonds is 3. The number of Topliss-reactive ketones (excluding diaryl/α,β-unsaturated/α-hetero) is 1. The normalized spacial score (nSPS) is 24.5. The summed E-state index contributed by atoms with van der Waals surface area (Å²) in [4.78, 5) is 21.9. The predicted octanol–water partition coefficient (Wildman–Crippen LogP) is -0.341. The number of carbonyl (C=O) groups excluding carboxylic acids is 2. The van der Waals surface area contributed by atoms with E-state index in [0.717, 1.165) is 0 Å². The molecule has 5 nitrogen and oxygen atoms in total. The van der Waals surface area contributed by atoms with Crippen LogP contribution in [0.15, 0.2) is 0 Å². The number of carbonyl (C=O) groups is 2. The minimum Gasteiger partial charge on any atom is -0.352 e. The Balaban J connectivity index is 2.45. The summed E-state index contributed by atoms with van der Waals surface area (Å²) in [5.41, 5.74) is 0. The Morgan fingerprint density at radius 2 is 2.07 bits per heavy atom. The number of nitrogens with one attached hydrogen (secondary N) is 1. The van der Waals surface area contributed by atoms with Gasteiger partial charge < -0.3 is 5.32 Å². The van der Waals surface area contributed by atoms with Gasteiger partial charge in [-0.2, -0.15) is 0 Å². The molecule has 1 unspecified atom stereocenters. The minimum atomic E-state index is -3.01. The first-order chi connectivity index (χ1) is 6.89. The second-order valence-electron chi connectivity index (χ2n) is 3.90. The maximum atomic E-state index is 11.2. The fourth-order valence-electron chi connectivity index (χ4n) is 1.64. The van der Waals surface area contributed by atoms with Gasteiger partial charge in [0.2, 0.25) is 5.91 Å². The Labute approximate surface area is 89.2 Å². The van der Waals surface area contributed by atoms with Gasteiger partial charge in [0, 0.05) is 6.04 Å². The summed E-state index contributed by atoms with van der Waals surface area (Å²) in [6, 6.07) is -0.324. The Bertz CT molecular complexity index is 360. The summed E-state index contributed by atoms with van der Waals surface area (Å²) < 4.78 is 22.5. The van der Waals surface area contributed by atoms with Gasteiger partial charge in [-0.05, 0) is 19.8 Å². The van der Waals surface area contributed by atoms with Crippen LogP contribution in [0, 0.1) is 0 Å². The molecule has 0 aliphatic carbocycles. The van der Waals surface area contributed by atoms with Crippen LogP contribution in [0.1, 0.15) is 26.2 Å². The number of hydrogen-bond acceptors (Lipinski definition) is 4. The van der Waals surface area contributed by atoms with Gasteiger partial charge in [0.1, 0.15) is 5.78 Å². The van der Waals surface area contributed by atoms with E-state index in [4.69, 9.17) is 0 Å². The van der Waals surface area contributed by atoms with Gasteiger partial charge in [0.05, 0.1) is 17.9 Å². The van der Waals surface area contributed by atoms with Crippen molar-refractivity contribution < 1.29 is 18.0 Å². The number of sulfone groups is 1. The first-order valence-electron chi connectivity index (χ1n) is 4.88. The van der Waals surface area contributed by atoms with Crippen LogP contribution in [-0.4, -0.2) is 37.7 Å². The molecule has 1 amide bonds. The molecule has 1 saturated heterocycles. The molecule has 0 aromatic carbocycles. The van der Waals surface area contributed by atoms with E-state index >= 15 is 0 Å². The van der Waals surface area contributed by atoms with Crippen LogP contribution >= 0.6 is 0 Å². The lowest BCUT2D eigenvalue weighted by molar-refractivity contribution is -0.127. The monoisotopic (exact) mass is 233 g/mol. The first-order valence-corrected chi connectivity index (χ1v) is 6.70. The van der Waals surface area contributed by atoms with Crippen molar-refractivity contribution in [1.82, 2.24) is 5.32 Å². The Hall–Kier alpha value is -0.910. The average molecular weight is 233 g/mol. The molecule has 1 atom stereocenters. The molecule has 1 rings (SSSR count). The SMILES string of the molecule is CC(=O)CC(=O)NC1CCCS(=O)(=O)C1. The van der Waals surface area contributed by atoms with Crippen molar-refractivity contribution in [2.45, 2.75) is 32.2 Å². The zero-order chi connectivity index (χ0) is 11.5. The van der Waals surface area contributed by atoms with Crippen LogP contribution in [0.3, 0.4) is 0 Å². The van der Waals surface area contributed by atoms with Crippen molar-refractivity contribution in [2.75, 3.05) is 11.5 Å². The summed E-state index contributed by atoms with van der Waals surface area (Å²) in [5, 5.41) is 2.57. The highest BCUT2D eigenvalue weighted by atomic mass is 32.2. The minimum absolute atomic E-state index is 0.00333. The smallest absolute Gasteiger partial charge is 0.227 e. The van der Waals surface area contributed by atoms with Crippen molar-refractivity contribution in [3.8, 4) is 0 Å². The fraction of sp³-hybridized carbons (Fsp3) is 0.778. The molecular formula is C9H15NO4S. The summed E-state index contributed by atoms with van der Waals surface area (Å²) >= 11 is 0. The summed E-state index contributed by atoms with van der Waals surface area (Å²) in [6.07, 6.45) is 1.08. The Morgan fingerprint density at radius 3 is 2.60 bits per heavy atom. The Kier molecular flexibility index (Phi) is 3.84. The standard InChI is InChI=1S/C9H15NO4S/c1-7(11)5-9(12)10-8-3-2-4-15(13,14)6-8/h8H,2-6H2,1H3,(H,10,12). The highest BCUT2D eigenvalue weighted by molar-refractivity contribution is 7.91. The molecule has 86 valence electrons. The number of hydrogen-bond donors (Lipinski definition) is 1. The van der Waals surface area contributed by atoms with Crippen LogP contribution in [0.5, 0.6) is 0 Å². The number of ketones is 1. The van der Waals surface area contributed by atoms with Crippen LogP contribution in [0.25, 0.3) is 0 Å². The van der Waals surface area contributed by atoms with E-state index in [-0.39, 0.29) is 35.7 Å². The van der Waals surface area contributed by atoms with Gasteiger partial charge in [-0.15, -0.1) is 0 Å². The lowest BCUT2D eigenvalue weighted by Gasteiger charge is -2.22. The third-order valence-corrected chi connectivity index (χ3v) is 4.06. The van der Waals surface area contributed by atoms with E-state index in [1.165, 1.54) is 6.92 Å². The maximum absolute atomic E-state index is 11.2. The molecule has 15 heavy (non-hydrogen) atoms. The predicted molar refractivity (Wildman–Crippen MR) is 55.1 cm³/mol. The summed E-state index contributed by atoms with van der Waals surface area (Å²) in [7, 11) is -3.01. The molecule has 0 aromatic heterocycles. The topological polar surface area (TPSA) is 80.3 Å². The van der Waals surface area contributed by atoms with Crippen LogP contribution in [-0.2, 0) is 19.4 Å². The third-order valence-electron chi connectivity index (χ3n) is 2.24. The largest absolute Gasteiger partial charge is 0.352 e. The van der Waals surface area contributed by atoms with Crippen LogP contribution < -0.4 is 5.32 Å². The van der Waals surface area contributed by atoms with Gasteiger partial charge in [-0.3, -0.25) is 9.59 Å².